The molecule has 7 heteroatoms. The van der Waals surface area contributed by atoms with Crippen LogP contribution in [-0.2, 0) is 35.4 Å². The number of benzene rings is 2. The topological polar surface area (TPSA) is 73.6 Å². The zero-order valence-corrected chi connectivity index (χ0v) is 18.5. The molecule has 0 saturated carbocycles. The summed E-state index contributed by atoms with van der Waals surface area (Å²) in [4.78, 5) is 28.9. The van der Waals surface area contributed by atoms with Gasteiger partial charge in [0.25, 0.3) is 0 Å². The number of fused-ring (bicyclic) bond motifs is 2. The summed E-state index contributed by atoms with van der Waals surface area (Å²) in [5, 5.41) is 9.71. The van der Waals surface area contributed by atoms with Crippen LogP contribution in [-0.4, -0.2) is 53.9 Å². The molecule has 32 heavy (non-hydrogen) atoms. The number of hydrogen-bond acceptors (Lipinski definition) is 5. The Labute approximate surface area is 192 Å². The highest BCUT2D eigenvalue weighted by Crippen LogP contribution is 2.31. The molecule has 2 aliphatic heterocycles. The first-order chi connectivity index (χ1) is 15.5. The van der Waals surface area contributed by atoms with Crippen LogP contribution in [0.25, 0.3) is 0 Å². The molecule has 5 rings (SSSR count). The molecule has 1 fully saturated rings. The summed E-state index contributed by atoms with van der Waals surface area (Å²) >= 11 is 6.51. The predicted molar refractivity (Wildman–Crippen MR) is 119 cm³/mol. The first kappa shape index (κ1) is 21.0. The van der Waals surface area contributed by atoms with Gasteiger partial charge in [-0.1, -0.05) is 23.7 Å². The van der Waals surface area contributed by atoms with Crippen molar-refractivity contribution >= 4 is 23.5 Å². The zero-order valence-electron chi connectivity index (χ0n) is 17.8. The number of esters is 1. The number of piperazine rings is 1. The summed E-state index contributed by atoms with van der Waals surface area (Å²) in [5.41, 5.74) is 5.51. The summed E-state index contributed by atoms with van der Waals surface area (Å²) in [6.45, 7) is 2.97. The predicted octanol–water partition coefficient (Wildman–Crippen LogP) is 3.13. The van der Waals surface area contributed by atoms with E-state index < -0.39 is 0 Å². The lowest BCUT2D eigenvalue weighted by Crippen LogP contribution is -2.55. The van der Waals surface area contributed by atoms with Crippen molar-refractivity contribution in [2.45, 2.75) is 38.3 Å². The van der Waals surface area contributed by atoms with Gasteiger partial charge < -0.3 is 9.64 Å². The van der Waals surface area contributed by atoms with Crippen LogP contribution in [0.15, 0.2) is 30.3 Å². The Morgan fingerprint density at radius 1 is 1.16 bits per heavy atom. The third-order valence-electron chi connectivity index (χ3n) is 6.90. The monoisotopic (exact) mass is 449 g/mol. The van der Waals surface area contributed by atoms with E-state index in [0.717, 1.165) is 56.4 Å². The molecule has 1 amide bonds. The van der Waals surface area contributed by atoms with Gasteiger partial charge in [0.2, 0.25) is 5.91 Å². The standard InChI is InChI=1S/C25H24ClN3O3/c26-24-17(4-6-21-22(24)15-32-25(21)31)7-8-28-9-10-29(23(30)14-28)20-5-3-18-11-16(13-27)1-2-19(18)12-20/h1-2,4,6,11,20H,3,5,7-10,12,14-15H2. The zero-order chi connectivity index (χ0) is 22.2. The Balaban J connectivity index is 1.18. The summed E-state index contributed by atoms with van der Waals surface area (Å²) in [5.74, 6) is -0.136. The van der Waals surface area contributed by atoms with Gasteiger partial charge in [0.15, 0.2) is 0 Å². The van der Waals surface area contributed by atoms with E-state index >= 15 is 0 Å². The number of nitrogens with zero attached hydrogens (tertiary/aromatic N) is 3. The van der Waals surface area contributed by atoms with Gasteiger partial charge in [-0.15, -0.1) is 0 Å². The van der Waals surface area contributed by atoms with Gasteiger partial charge in [0.05, 0.1) is 28.8 Å². The number of carbonyl (C=O) groups is 2. The molecule has 1 unspecified atom stereocenters. The molecule has 3 aliphatic rings. The van der Waals surface area contributed by atoms with Crippen molar-refractivity contribution in [2.24, 2.45) is 0 Å². The Hall–Kier alpha value is -2.88. The largest absolute Gasteiger partial charge is 0.457 e. The quantitative estimate of drug-likeness (QED) is 0.670. The van der Waals surface area contributed by atoms with E-state index in [0.29, 0.717) is 22.7 Å². The van der Waals surface area contributed by atoms with Gasteiger partial charge in [0.1, 0.15) is 6.61 Å². The fourth-order valence-electron chi connectivity index (χ4n) is 5.07. The minimum Gasteiger partial charge on any atom is -0.457 e. The van der Waals surface area contributed by atoms with E-state index in [1.54, 1.807) is 6.07 Å². The van der Waals surface area contributed by atoms with Crippen molar-refractivity contribution in [3.05, 3.63) is 68.7 Å². The molecule has 2 aromatic rings. The summed E-state index contributed by atoms with van der Waals surface area (Å²) < 4.78 is 5.07. The van der Waals surface area contributed by atoms with Crippen LogP contribution in [0.2, 0.25) is 5.02 Å². The van der Waals surface area contributed by atoms with Gasteiger partial charge in [-0.05, 0) is 60.6 Å². The van der Waals surface area contributed by atoms with E-state index in [-0.39, 0.29) is 24.5 Å². The first-order valence-electron chi connectivity index (χ1n) is 11.0. The summed E-state index contributed by atoms with van der Waals surface area (Å²) in [6.07, 6.45) is 3.44. The number of amides is 1. The van der Waals surface area contributed by atoms with E-state index in [4.69, 9.17) is 21.6 Å². The van der Waals surface area contributed by atoms with E-state index in [1.807, 2.05) is 29.2 Å². The summed E-state index contributed by atoms with van der Waals surface area (Å²) in [7, 11) is 0. The van der Waals surface area contributed by atoms with E-state index in [9.17, 15) is 9.59 Å². The van der Waals surface area contributed by atoms with Crippen LogP contribution in [0.1, 0.15) is 44.6 Å². The average Bonchev–Trinajstić information content (AvgIpc) is 3.19. The molecule has 0 bridgehead atoms. The SMILES string of the molecule is N#Cc1ccc2c(c1)CCC(N1CCN(CCc3ccc4c(c3Cl)COC4=O)CC1=O)C2. The number of rotatable bonds is 4. The molecule has 1 atom stereocenters. The van der Waals surface area contributed by atoms with Crippen LogP contribution in [0.3, 0.4) is 0 Å². The Morgan fingerprint density at radius 3 is 2.84 bits per heavy atom. The maximum Gasteiger partial charge on any atom is 0.338 e. The van der Waals surface area contributed by atoms with Crippen molar-refractivity contribution in [2.75, 3.05) is 26.2 Å². The fourth-order valence-corrected chi connectivity index (χ4v) is 5.39. The smallest absolute Gasteiger partial charge is 0.338 e. The number of hydrogen-bond donors (Lipinski definition) is 0. The second kappa shape index (κ2) is 8.57. The number of halogens is 1. The van der Waals surface area contributed by atoms with Crippen LogP contribution >= 0.6 is 11.6 Å². The van der Waals surface area contributed by atoms with Crippen LogP contribution in [0.4, 0.5) is 0 Å². The lowest BCUT2D eigenvalue weighted by atomic mass is 9.86. The Bertz CT molecular complexity index is 1140. The number of cyclic esters (lactones) is 1. The van der Waals surface area contributed by atoms with Gasteiger partial charge in [0, 0.05) is 31.2 Å². The van der Waals surface area contributed by atoms with Crippen molar-refractivity contribution in [1.82, 2.24) is 9.80 Å². The first-order valence-corrected chi connectivity index (χ1v) is 11.4. The second-order valence-electron chi connectivity index (χ2n) is 8.75. The maximum absolute atomic E-state index is 12.9. The third-order valence-corrected chi connectivity index (χ3v) is 7.37. The minimum atomic E-state index is -0.314. The molecule has 0 N–H and O–H groups in total. The molecular formula is C25H24ClN3O3. The van der Waals surface area contributed by atoms with Gasteiger partial charge in [-0.25, -0.2) is 4.79 Å². The average molecular weight is 450 g/mol. The number of carbonyl (C=O) groups excluding carboxylic acids is 2. The molecule has 1 aliphatic carbocycles. The summed E-state index contributed by atoms with van der Waals surface area (Å²) in [6, 6.07) is 12.0. The molecule has 0 spiro atoms. The highest BCUT2D eigenvalue weighted by Gasteiger charge is 2.32. The Kier molecular flexibility index (Phi) is 5.62. The molecule has 0 radical (unpaired) electrons. The van der Waals surface area contributed by atoms with Crippen molar-refractivity contribution in [1.29, 1.82) is 5.26 Å². The Morgan fingerprint density at radius 2 is 2.03 bits per heavy atom. The minimum absolute atomic E-state index is 0.178. The number of ether oxygens (including phenoxy) is 1. The fraction of sp³-hybridized carbons (Fsp3) is 0.400. The van der Waals surface area contributed by atoms with Crippen molar-refractivity contribution in [3.8, 4) is 6.07 Å². The maximum atomic E-state index is 12.9. The molecule has 0 aromatic heterocycles. The van der Waals surface area contributed by atoms with Crippen LogP contribution in [0.5, 0.6) is 0 Å². The lowest BCUT2D eigenvalue weighted by molar-refractivity contribution is -0.138. The highest BCUT2D eigenvalue weighted by atomic mass is 35.5. The number of nitriles is 1. The van der Waals surface area contributed by atoms with Crippen molar-refractivity contribution < 1.29 is 14.3 Å². The van der Waals surface area contributed by atoms with Crippen LogP contribution < -0.4 is 0 Å². The van der Waals surface area contributed by atoms with Gasteiger partial charge in [-0.3, -0.25) is 9.69 Å². The highest BCUT2D eigenvalue weighted by molar-refractivity contribution is 6.32. The van der Waals surface area contributed by atoms with E-state index in [2.05, 4.69) is 11.0 Å². The normalized spacial score (nSPS) is 20.5. The van der Waals surface area contributed by atoms with E-state index in [1.165, 1.54) is 11.1 Å². The number of aryl methyl sites for hydroxylation is 1. The van der Waals surface area contributed by atoms with Gasteiger partial charge >= 0.3 is 5.97 Å². The lowest BCUT2D eigenvalue weighted by Gasteiger charge is -2.41. The molecule has 1 saturated heterocycles. The second-order valence-corrected chi connectivity index (χ2v) is 9.12. The molecule has 2 aromatic carbocycles. The van der Waals surface area contributed by atoms with Gasteiger partial charge in [-0.2, -0.15) is 5.26 Å². The van der Waals surface area contributed by atoms with Crippen molar-refractivity contribution in [3.63, 3.8) is 0 Å². The molecule has 2 heterocycles. The molecular weight excluding hydrogens is 426 g/mol. The molecule has 164 valence electrons. The third kappa shape index (κ3) is 3.87. The van der Waals surface area contributed by atoms with Crippen LogP contribution in [0, 0.1) is 11.3 Å². The molecule has 6 nitrogen and oxygen atoms in total.